The monoisotopic (exact) mass is 406 g/mol. The largest absolute Gasteiger partial charge is 0.462 e. The van der Waals surface area contributed by atoms with E-state index in [4.69, 9.17) is 4.74 Å². The number of hydrogen-bond acceptors (Lipinski definition) is 5. The van der Waals surface area contributed by atoms with Gasteiger partial charge in [-0.25, -0.2) is 4.79 Å². The van der Waals surface area contributed by atoms with E-state index in [1.165, 1.54) is 10.9 Å². The molecule has 7 heteroatoms. The maximum Gasteiger partial charge on any atom is 0.343 e. The van der Waals surface area contributed by atoms with Gasteiger partial charge in [-0.1, -0.05) is 60.7 Å². The molecule has 7 nitrogen and oxygen atoms in total. The van der Waals surface area contributed by atoms with E-state index in [1.54, 1.807) is 14.0 Å². The Balaban J connectivity index is 1.73. The Labute approximate surface area is 176 Å². The summed E-state index contributed by atoms with van der Waals surface area (Å²) < 4.78 is 6.51. The highest BCUT2D eigenvalue weighted by atomic mass is 16.5. The summed E-state index contributed by atoms with van der Waals surface area (Å²) in [6.07, 6.45) is 1.40. The topological polar surface area (TPSA) is 76.5 Å². The molecule has 0 atom stereocenters. The Morgan fingerprint density at radius 2 is 1.57 bits per heavy atom. The highest BCUT2D eigenvalue weighted by molar-refractivity contribution is 6.00. The number of carbonyl (C=O) groups is 2. The lowest BCUT2D eigenvalue weighted by Gasteiger charge is -2.22. The average Bonchev–Trinajstić information content (AvgIpc) is 3.10. The average molecular weight is 406 g/mol. The molecular weight excluding hydrogens is 380 g/mol. The molecule has 3 aromatic rings. The summed E-state index contributed by atoms with van der Waals surface area (Å²) in [5.41, 5.74) is 2.48. The van der Waals surface area contributed by atoms with E-state index in [0.29, 0.717) is 18.9 Å². The number of rotatable bonds is 9. The number of hydrogen-bond donors (Lipinski definition) is 1. The van der Waals surface area contributed by atoms with Crippen LogP contribution in [0.5, 0.6) is 0 Å². The molecular formula is C23H26N4O3. The fraction of sp³-hybridized carbons (Fsp3) is 0.261. The summed E-state index contributed by atoms with van der Waals surface area (Å²) in [4.78, 5) is 27.0. The van der Waals surface area contributed by atoms with Gasteiger partial charge >= 0.3 is 5.97 Å². The van der Waals surface area contributed by atoms with E-state index in [1.807, 2.05) is 60.7 Å². The normalized spacial score (nSPS) is 10.8. The number of ether oxygens (including phenoxy) is 1. The predicted octanol–water partition coefficient (Wildman–Crippen LogP) is 3.24. The first-order valence-corrected chi connectivity index (χ1v) is 9.86. The van der Waals surface area contributed by atoms with Crippen molar-refractivity contribution < 1.29 is 14.3 Å². The number of nitrogens with one attached hydrogen (secondary N) is 1. The fourth-order valence-electron chi connectivity index (χ4n) is 3.17. The molecule has 0 saturated heterocycles. The maximum atomic E-state index is 12.8. The Bertz CT molecular complexity index is 929. The minimum absolute atomic E-state index is 0.164. The first-order chi connectivity index (χ1) is 14.6. The Kier molecular flexibility index (Phi) is 7.34. The third-order valence-corrected chi connectivity index (χ3v) is 4.56. The van der Waals surface area contributed by atoms with Crippen LogP contribution in [-0.2, 0) is 29.7 Å². The number of nitrogens with zero attached hydrogens (tertiary/aromatic N) is 3. The van der Waals surface area contributed by atoms with Gasteiger partial charge < -0.3 is 10.1 Å². The van der Waals surface area contributed by atoms with Crippen molar-refractivity contribution in [3.05, 3.63) is 83.6 Å². The molecule has 0 radical (unpaired) electrons. The molecule has 30 heavy (non-hydrogen) atoms. The molecule has 0 saturated carbocycles. The molecule has 1 heterocycles. The number of anilines is 1. The summed E-state index contributed by atoms with van der Waals surface area (Å²) in [5, 5.41) is 6.89. The zero-order chi connectivity index (χ0) is 21.3. The highest BCUT2D eigenvalue weighted by Crippen LogP contribution is 2.16. The van der Waals surface area contributed by atoms with Crippen LogP contribution in [0.4, 0.5) is 5.82 Å². The molecule has 1 aromatic heterocycles. The Morgan fingerprint density at radius 3 is 2.10 bits per heavy atom. The number of carbonyl (C=O) groups excluding carboxylic acids is 2. The lowest BCUT2D eigenvalue weighted by Crippen LogP contribution is -2.33. The fourth-order valence-corrected chi connectivity index (χ4v) is 3.17. The van der Waals surface area contributed by atoms with Crippen molar-refractivity contribution in [3.8, 4) is 0 Å². The molecule has 0 bridgehead atoms. The van der Waals surface area contributed by atoms with Crippen LogP contribution in [0.2, 0.25) is 0 Å². The number of benzene rings is 2. The van der Waals surface area contributed by atoms with Gasteiger partial charge in [0.15, 0.2) is 0 Å². The van der Waals surface area contributed by atoms with E-state index in [-0.39, 0.29) is 24.6 Å². The zero-order valence-electron chi connectivity index (χ0n) is 17.2. The van der Waals surface area contributed by atoms with Gasteiger partial charge in [-0.2, -0.15) is 5.10 Å². The molecule has 0 fully saturated rings. The summed E-state index contributed by atoms with van der Waals surface area (Å²) in [6.45, 7) is 3.40. The Hall–Kier alpha value is -3.45. The van der Waals surface area contributed by atoms with Crippen LogP contribution in [0.25, 0.3) is 0 Å². The summed E-state index contributed by atoms with van der Waals surface area (Å²) in [6, 6.07) is 20.0. The third kappa shape index (κ3) is 5.78. The van der Waals surface area contributed by atoms with Gasteiger partial charge in [0.2, 0.25) is 5.91 Å². The van der Waals surface area contributed by atoms with Crippen LogP contribution in [0.1, 0.15) is 28.4 Å². The van der Waals surface area contributed by atoms with E-state index in [9.17, 15) is 9.59 Å². The van der Waals surface area contributed by atoms with Crippen molar-refractivity contribution in [2.45, 2.75) is 20.0 Å². The van der Waals surface area contributed by atoms with Gasteiger partial charge in [0.25, 0.3) is 0 Å². The lowest BCUT2D eigenvalue weighted by molar-refractivity contribution is -0.117. The number of aryl methyl sites for hydroxylation is 1. The smallest absolute Gasteiger partial charge is 0.343 e. The molecule has 0 unspecified atom stereocenters. The van der Waals surface area contributed by atoms with E-state index >= 15 is 0 Å². The summed E-state index contributed by atoms with van der Waals surface area (Å²) in [7, 11) is 1.67. The van der Waals surface area contributed by atoms with Crippen LogP contribution in [-0.4, -0.2) is 39.7 Å². The first-order valence-electron chi connectivity index (χ1n) is 9.86. The van der Waals surface area contributed by atoms with Gasteiger partial charge in [0, 0.05) is 20.1 Å². The van der Waals surface area contributed by atoms with Crippen molar-refractivity contribution in [1.82, 2.24) is 14.7 Å². The van der Waals surface area contributed by atoms with Crippen LogP contribution < -0.4 is 5.32 Å². The highest BCUT2D eigenvalue weighted by Gasteiger charge is 2.20. The van der Waals surface area contributed by atoms with Crippen molar-refractivity contribution in [3.63, 3.8) is 0 Å². The predicted molar refractivity (Wildman–Crippen MR) is 115 cm³/mol. The molecule has 2 aromatic carbocycles. The molecule has 0 aliphatic heterocycles. The maximum absolute atomic E-state index is 12.8. The zero-order valence-corrected chi connectivity index (χ0v) is 17.2. The van der Waals surface area contributed by atoms with Gasteiger partial charge in [0.1, 0.15) is 11.4 Å². The molecule has 0 aliphatic rings. The molecule has 0 spiro atoms. The van der Waals surface area contributed by atoms with Crippen molar-refractivity contribution in [2.24, 2.45) is 7.05 Å². The second-order valence-corrected chi connectivity index (χ2v) is 6.92. The molecule has 1 amide bonds. The first kappa shape index (κ1) is 21.3. The standard InChI is InChI=1S/C23H26N4O3/c1-3-30-23(29)20-14-24-26(2)22(20)25-21(28)17-27(15-18-10-6-4-7-11-18)16-19-12-8-5-9-13-19/h4-14H,3,15-17H2,1-2H3,(H,25,28). The quantitative estimate of drug-likeness (QED) is 0.552. The van der Waals surface area contributed by atoms with Crippen molar-refractivity contribution in [1.29, 1.82) is 0 Å². The van der Waals surface area contributed by atoms with Crippen LogP contribution in [0.15, 0.2) is 66.9 Å². The van der Waals surface area contributed by atoms with Crippen molar-refractivity contribution >= 4 is 17.7 Å². The van der Waals surface area contributed by atoms with E-state index in [2.05, 4.69) is 15.3 Å². The molecule has 156 valence electrons. The number of aromatic nitrogens is 2. The third-order valence-electron chi connectivity index (χ3n) is 4.56. The van der Waals surface area contributed by atoms with Gasteiger partial charge in [0.05, 0.1) is 19.3 Å². The summed E-state index contributed by atoms with van der Waals surface area (Å²) in [5.74, 6) is -0.403. The van der Waals surface area contributed by atoms with Crippen molar-refractivity contribution in [2.75, 3.05) is 18.5 Å². The van der Waals surface area contributed by atoms with E-state index in [0.717, 1.165) is 11.1 Å². The van der Waals surface area contributed by atoms with Crippen LogP contribution in [0.3, 0.4) is 0 Å². The lowest BCUT2D eigenvalue weighted by atomic mass is 10.1. The van der Waals surface area contributed by atoms with E-state index < -0.39 is 5.97 Å². The van der Waals surface area contributed by atoms with Gasteiger partial charge in [-0.3, -0.25) is 14.4 Å². The van der Waals surface area contributed by atoms with Gasteiger partial charge in [-0.15, -0.1) is 0 Å². The van der Waals surface area contributed by atoms with Crippen LogP contribution >= 0.6 is 0 Å². The number of esters is 1. The minimum Gasteiger partial charge on any atom is -0.462 e. The Morgan fingerprint density at radius 1 is 1.00 bits per heavy atom. The minimum atomic E-state index is -0.508. The second kappa shape index (κ2) is 10.4. The SMILES string of the molecule is CCOC(=O)c1cnn(C)c1NC(=O)CN(Cc1ccccc1)Cc1ccccc1. The number of amides is 1. The van der Waals surface area contributed by atoms with Crippen LogP contribution in [0, 0.1) is 0 Å². The summed E-state index contributed by atoms with van der Waals surface area (Å²) >= 11 is 0. The molecule has 0 aliphatic carbocycles. The molecule has 1 N–H and O–H groups in total. The second-order valence-electron chi connectivity index (χ2n) is 6.92. The van der Waals surface area contributed by atoms with Gasteiger partial charge in [-0.05, 0) is 18.1 Å². The molecule has 3 rings (SSSR count).